The van der Waals surface area contributed by atoms with Crippen molar-refractivity contribution in [2.24, 2.45) is 0 Å². The lowest BCUT2D eigenvalue weighted by Gasteiger charge is -2.10. The third-order valence-electron chi connectivity index (χ3n) is 4.59. The highest BCUT2D eigenvalue weighted by molar-refractivity contribution is 7.16. The number of ether oxygens (including phenoxy) is 1. The predicted octanol–water partition coefficient (Wildman–Crippen LogP) is 5.32. The molecule has 0 radical (unpaired) electrons. The standard InChI is InChI=1S/C22H14Cl2FN3O4S/c1-2-32-22(31)18-15-10-33-20(26-19(29)14-9-11(23)3-8-16(14)24)17(15)21(30)28(27-18)13-6-4-12(25)5-7-13/h3-10H,2H2,1H3,(H,26,29). The Kier molecular flexibility index (Phi) is 6.46. The third-order valence-corrected chi connectivity index (χ3v) is 6.05. The van der Waals surface area contributed by atoms with Crippen molar-refractivity contribution in [3.8, 4) is 5.69 Å². The molecule has 1 N–H and O–H groups in total. The van der Waals surface area contributed by atoms with E-state index >= 15 is 0 Å². The van der Waals surface area contributed by atoms with Crippen molar-refractivity contribution in [2.75, 3.05) is 11.9 Å². The topological polar surface area (TPSA) is 90.3 Å². The molecule has 0 spiro atoms. The zero-order chi connectivity index (χ0) is 23.7. The molecule has 0 bridgehead atoms. The molecule has 0 fully saturated rings. The number of thiophene rings is 1. The fraction of sp³-hybridized carbons (Fsp3) is 0.0909. The van der Waals surface area contributed by atoms with E-state index in [9.17, 15) is 18.8 Å². The zero-order valence-corrected chi connectivity index (χ0v) is 19.2. The minimum Gasteiger partial charge on any atom is -0.461 e. The van der Waals surface area contributed by atoms with E-state index in [0.29, 0.717) is 5.02 Å². The van der Waals surface area contributed by atoms with Crippen LogP contribution in [0.1, 0.15) is 27.8 Å². The Morgan fingerprint density at radius 2 is 1.91 bits per heavy atom. The monoisotopic (exact) mass is 505 g/mol. The molecule has 11 heteroatoms. The van der Waals surface area contributed by atoms with Crippen LogP contribution >= 0.6 is 34.5 Å². The van der Waals surface area contributed by atoms with Crippen LogP contribution in [0.3, 0.4) is 0 Å². The molecule has 0 aliphatic rings. The predicted molar refractivity (Wildman–Crippen MR) is 126 cm³/mol. The van der Waals surface area contributed by atoms with E-state index in [1.807, 2.05) is 0 Å². The maximum absolute atomic E-state index is 13.4. The van der Waals surface area contributed by atoms with Gasteiger partial charge in [-0.1, -0.05) is 23.2 Å². The van der Waals surface area contributed by atoms with Gasteiger partial charge in [-0.25, -0.2) is 9.18 Å². The Morgan fingerprint density at radius 1 is 1.18 bits per heavy atom. The number of halogens is 3. The number of hydrogen-bond acceptors (Lipinski definition) is 6. The lowest BCUT2D eigenvalue weighted by Crippen LogP contribution is -2.25. The zero-order valence-electron chi connectivity index (χ0n) is 16.9. The molecule has 7 nitrogen and oxygen atoms in total. The molecule has 0 saturated carbocycles. The summed E-state index contributed by atoms with van der Waals surface area (Å²) < 4.78 is 19.4. The summed E-state index contributed by atoms with van der Waals surface area (Å²) in [7, 11) is 0. The SMILES string of the molecule is CCOC(=O)c1nn(-c2ccc(F)cc2)c(=O)c2c(NC(=O)c3cc(Cl)ccc3Cl)scc12. The van der Waals surface area contributed by atoms with Crippen LogP contribution in [0.4, 0.5) is 9.39 Å². The first-order chi connectivity index (χ1) is 15.8. The number of esters is 1. The van der Waals surface area contributed by atoms with Gasteiger partial charge in [-0.05, 0) is 49.4 Å². The second-order valence-corrected chi connectivity index (χ2v) is 8.42. The average Bonchev–Trinajstić information content (AvgIpc) is 3.20. The number of nitrogens with zero attached hydrogens (tertiary/aromatic N) is 2. The Labute approximate surface area is 200 Å². The second kappa shape index (κ2) is 9.30. The van der Waals surface area contributed by atoms with E-state index in [1.165, 1.54) is 29.6 Å². The quantitative estimate of drug-likeness (QED) is 0.370. The molecular formula is C22H14Cl2FN3O4S. The number of anilines is 1. The van der Waals surface area contributed by atoms with E-state index in [1.54, 1.807) is 13.0 Å². The first-order valence-electron chi connectivity index (χ1n) is 9.54. The molecule has 0 aliphatic carbocycles. The fourth-order valence-corrected chi connectivity index (χ4v) is 4.40. The number of nitrogens with one attached hydrogen (secondary N) is 1. The van der Waals surface area contributed by atoms with E-state index in [-0.39, 0.29) is 44.3 Å². The number of aromatic nitrogens is 2. The van der Waals surface area contributed by atoms with E-state index in [0.717, 1.165) is 28.2 Å². The number of fused-ring (bicyclic) bond motifs is 1. The summed E-state index contributed by atoms with van der Waals surface area (Å²) in [6.07, 6.45) is 0. The molecule has 4 aromatic rings. The first-order valence-corrected chi connectivity index (χ1v) is 11.2. The molecule has 2 heterocycles. The summed E-state index contributed by atoms with van der Waals surface area (Å²) in [5.41, 5.74) is -0.383. The Balaban J connectivity index is 1.89. The first kappa shape index (κ1) is 22.9. The molecule has 4 rings (SSSR count). The van der Waals surface area contributed by atoms with E-state index < -0.39 is 23.3 Å². The highest BCUT2D eigenvalue weighted by Gasteiger charge is 2.24. The highest BCUT2D eigenvalue weighted by atomic mass is 35.5. The van der Waals surface area contributed by atoms with Crippen LogP contribution in [-0.4, -0.2) is 28.3 Å². The summed E-state index contributed by atoms with van der Waals surface area (Å²) in [6.45, 7) is 1.73. The number of carbonyl (C=O) groups excluding carboxylic acids is 2. The van der Waals surface area contributed by atoms with Crippen LogP contribution in [-0.2, 0) is 4.74 Å². The number of rotatable bonds is 5. The smallest absolute Gasteiger partial charge is 0.359 e. The van der Waals surface area contributed by atoms with Gasteiger partial charge in [0.05, 0.1) is 28.3 Å². The molecule has 168 valence electrons. The molecule has 0 saturated heterocycles. The number of hydrogen-bond donors (Lipinski definition) is 1. The minimum absolute atomic E-state index is 0.0499. The van der Waals surface area contributed by atoms with Gasteiger partial charge in [-0.15, -0.1) is 11.3 Å². The van der Waals surface area contributed by atoms with Crippen LogP contribution in [0.25, 0.3) is 16.5 Å². The van der Waals surface area contributed by atoms with Crippen molar-refractivity contribution < 1.29 is 18.7 Å². The number of benzene rings is 2. The van der Waals surface area contributed by atoms with Crippen LogP contribution in [0.5, 0.6) is 0 Å². The van der Waals surface area contributed by atoms with Gasteiger partial charge in [0.25, 0.3) is 11.5 Å². The summed E-state index contributed by atoms with van der Waals surface area (Å²) >= 11 is 13.1. The molecule has 0 unspecified atom stereocenters. The van der Waals surface area contributed by atoms with Gasteiger partial charge in [0.1, 0.15) is 10.8 Å². The van der Waals surface area contributed by atoms with Crippen LogP contribution in [0.15, 0.2) is 52.6 Å². The highest BCUT2D eigenvalue weighted by Crippen LogP contribution is 2.32. The molecule has 33 heavy (non-hydrogen) atoms. The Bertz CT molecular complexity index is 1450. The van der Waals surface area contributed by atoms with Crippen molar-refractivity contribution in [1.29, 1.82) is 0 Å². The van der Waals surface area contributed by atoms with Gasteiger partial charge in [0.2, 0.25) is 0 Å². The van der Waals surface area contributed by atoms with Crippen LogP contribution in [0.2, 0.25) is 10.0 Å². The summed E-state index contributed by atoms with van der Waals surface area (Å²) in [4.78, 5) is 38.7. The second-order valence-electron chi connectivity index (χ2n) is 6.69. The number of carbonyl (C=O) groups is 2. The summed E-state index contributed by atoms with van der Waals surface area (Å²) in [5, 5.41) is 9.28. The largest absolute Gasteiger partial charge is 0.461 e. The van der Waals surface area contributed by atoms with Gasteiger partial charge in [0.15, 0.2) is 5.69 Å². The lowest BCUT2D eigenvalue weighted by molar-refractivity contribution is 0.0520. The lowest BCUT2D eigenvalue weighted by atomic mass is 10.2. The average molecular weight is 506 g/mol. The summed E-state index contributed by atoms with van der Waals surface area (Å²) in [5.74, 6) is -1.83. The fourth-order valence-electron chi connectivity index (χ4n) is 3.09. The van der Waals surface area contributed by atoms with Crippen molar-refractivity contribution >= 4 is 62.2 Å². The van der Waals surface area contributed by atoms with Gasteiger partial charge in [-0.3, -0.25) is 9.59 Å². The van der Waals surface area contributed by atoms with Gasteiger partial charge >= 0.3 is 5.97 Å². The maximum atomic E-state index is 13.4. The molecule has 1 amide bonds. The van der Waals surface area contributed by atoms with Crippen molar-refractivity contribution in [3.63, 3.8) is 0 Å². The molecular weight excluding hydrogens is 492 g/mol. The Morgan fingerprint density at radius 3 is 2.61 bits per heavy atom. The minimum atomic E-state index is -0.744. The number of amides is 1. The molecule has 0 atom stereocenters. The van der Waals surface area contributed by atoms with E-state index in [2.05, 4.69) is 10.4 Å². The molecule has 2 aromatic carbocycles. The van der Waals surface area contributed by atoms with Crippen LogP contribution in [0, 0.1) is 5.82 Å². The maximum Gasteiger partial charge on any atom is 0.359 e. The van der Waals surface area contributed by atoms with Gasteiger partial charge in [0, 0.05) is 15.8 Å². The van der Waals surface area contributed by atoms with Crippen LogP contribution < -0.4 is 10.9 Å². The van der Waals surface area contributed by atoms with Gasteiger partial charge in [-0.2, -0.15) is 9.78 Å². The third kappa shape index (κ3) is 4.47. The van der Waals surface area contributed by atoms with Crippen molar-refractivity contribution in [1.82, 2.24) is 9.78 Å². The molecule has 0 aliphatic heterocycles. The molecule has 2 aromatic heterocycles. The van der Waals surface area contributed by atoms with Crippen molar-refractivity contribution in [3.05, 3.63) is 85.3 Å². The normalized spacial score (nSPS) is 10.9. The van der Waals surface area contributed by atoms with Crippen molar-refractivity contribution in [2.45, 2.75) is 6.92 Å². The van der Waals surface area contributed by atoms with Gasteiger partial charge < -0.3 is 10.1 Å². The van der Waals surface area contributed by atoms with E-state index in [4.69, 9.17) is 27.9 Å². The Hall–Kier alpha value is -3.27. The summed E-state index contributed by atoms with van der Waals surface area (Å²) in [6, 6.07) is 9.44.